The zero-order valence-electron chi connectivity index (χ0n) is 21.3. The summed E-state index contributed by atoms with van der Waals surface area (Å²) in [6.07, 6.45) is 12.5. The van der Waals surface area contributed by atoms with Gasteiger partial charge in [0.15, 0.2) is 12.0 Å². The van der Waals surface area contributed by atoms with Gasteiger partial charge in [-0.2, -0.15) is 0 Å². The zero-order valence-corrected chi connectivity index (χ0v) is 21.3. The molecule has 1 aliphatic carbocycles. The molecule has 8 nitrogen and oxygen atoms in total. The van der Waals surface area contributed by atoms with Crippen LogP contribution in [-0.4, -0.2) is 35.9 Å². The Labute approximate surface area is 220 Å². The fraction of sp³-hybridized carbons (Fsp3) is 0.200. The molecule has 1 aliphatic heterocycles. The molecule has 2 amide bonds. The van der Waals surface area contributed by atoms with E-state index in [-0.39, 0.29) is 18.2 Å². The molecule has 0 radical (unpaired) electrons. The van der Waals surface area contributed by atoms with E-state index in [9.17, 15) is 9.59 Å². The van der Waals surface area contributed by atoms with Crippen LogP contribution in [0.15, 0.2) is 103 Å². The number of H-pyrrole nitrogens is 1. The van der Waals surface area contributed by atoms with Crippen LogP contribution in [0.3, 0.4) is 0 Å². The molecule has 0 fully saturated rings. The molecule has 0 saturated carbocycles. The van der Waals surface area contributed by atoms with Crippen molar-refractivity contribution in [1.82, 2.24) is 15.2 Å². The number of methoxy groups -OCH3 is 1. The van der Waals surface area contributed by atoms with E-state index in [2.05, 4.69) is 16.4 Å². The molecular weight excluding hydrogens is 482 g/mol. The molecule has 0 spiro atoms. The van der Waals surface area contributed by atoms with Gasteiger partial charge in [0.2, 0.25) is 11.8 Å². The zero-order chi connectivity index (χ0) is 26.5. The number of likely N-dealkylation sites (N-methyl/N-ethyl adjacent to an activating group) is 1. The van der Waals surface area contributed by atoms with Gasteiger partial charge in [-0.05, 0) is 47.7 Å². The highest BCUT2D eigenvalue weighted by Gasteiger charge is 2.31. The Bertz CT molecular complexity index is 1460. The van der Waals surface area contributed by atoms with Gasteiger partial charge in [0, 0.05) is 24.1 Å². The summed E-state index contributed by atoms with van der Waals surface area (Å²) in [5.74, 6) is 0.701. The number of para-hydroxylation sites is 1. The largest absolute Gasteiger partial charge is 0.497 e. The van der Waals surface area contributed by atoms with Crippen molar-refractivity contribution in [3.05, 3.63) is 114 Å². The first kappa shape index (κ1) is 25.0. The number of fused-ring (bicyclic) bond motifs is 1. The highest BCUT2D eigenvalue weighted by molar-refractivity contribution is 5.92. The molecule has 0 bridgehead atoms. The molecule has 0 saturated heterocycles. The van der Waals surface area contributed by atoms with Gasteiger partial charge in [-0.1, -0.05) is 48.6 Å². The minimum Gasteiger partial charge on any atom is -0.497 e. The molecule has 2 heterocycles. The molecular formula is C30H29N3O5. The minimum atomic E-state index is -0.922. The van der Waals surface area contributed by atoms with Crippen molar-refractivity contribution < 1.29 is 23.8 Å². The van der Waals surface area contributed by atoms with E-state index in [0.29, 0.717) is 17.1 Å². The molecule has 2 aliphatic rings. The quantitative estimate of drug-likeness (QED) is 0.444. The number of aromatic nitrogens is 1. The topological polar surface area (TPSA) is 92.9 Å². The average Bonchev–Trinajstić information content (AvgIpc) is 3.36. The van der Waals surface area contributed by atoms with Gasteiger partial charge in [0.25, 0.3) is 5.91 Å². The Balaban J connectivity index is 1.36. The molecule has 1 atom stereocenters. The smallest absolute Gasteiger partial charge is 0.254 e. The highest BCUT2D eigenvalue weighted by Crippen LogP contribution is 2.28. The molecule has 1 unspecified atom stereocenters. The average molecular weight is 512 g/mol. The van der Waals surface area contributed by atoms with Crippen LogP contribution in [0, 0.1) is 0 Å². The summed E-state index contributed by atoms with van der Waals surface area (Å²) in [5.41, 5.74) is 3.43. The van der Waals surface area contributed by atoms with Crippen molar-refractivity contribution in [2.75, 3.05) is 14.2 Å². The Kier molecular flexibility index (Phi) is 7.31. The lowest BCUT2D eigenvalue weighted by Gasteiger charge is -2.29. The fourth-order valence-electron chi connectivity index (χ4n) is 4.56. The van der Waals surface area contributed by atoms with Gasteiger partial charge in [-0.3, -0.25) is 14.9 Å². The lowest BCUT2D eigenvalue weighted by molar-refractivity contribution is -0.138. The molecule has 2 aromatic carbocycles. The summed E-state index contributed by atoms with van der Waals surface area (Å²) in [6, 6.07) is 14.0. The summed E-state index contributed by atoms with van der Waals surface area (Å²) in [6.45, 7) is 0. The van der Waals surface area contributed by atoms with Crippen LogP contribution in [0.2, 0.25) is 0 Å². The first-order valence-electron chi connectivity index (χ1n) is 12.4. The Morgan fingerprint density at radius 3 is 2.71 bits per heavy atom. The number of nitrogens with one attached hydrogen (secondary N) is 2. The predicted octanol–water partition coefficient (Wildman–Crippen LogP) is 5.00. The molecule has 3 aromatic rings. The number of rotatable bonds is 8. The number of amides is 2. The van der Waals surface area contributed by atoms with Crippen molar-refractivity contribution >= 4 is 22.7 Å². The monoisotopic (exact) mass is 511 g/mol. The lowest BCUT2D eigenvalue weighted by atomic mass is 10.0. The third-order valence-corrected chi connectivity index (χ3v) is 6.62. The second-order valence-corrected chi connectivity index (χ2v) is 9.07. The van der Waals surface area contributed by atoms with E-state index in [1.165, 1.54) is 17.4 Å². The van der Waals surface area contributed by atoms with Crippen molar-refractivity contribution in [1.29, 1.82) is 0 Å². The van der Waals surface area contributed by atoms with Crippen LogP contribution in [0.5, 0.6) is 5.75 Å². The maximum atomic E-state index is 13.6. The molecule has 38 heavy (non-hydrogen) atoms. The molecule has 5 rings (SSSR count). The summed E-state index contributed by atoms with van der Waals surface area (Å²) in [5, 5.41) is 3.77. The van der Waals surface area contributed by atoms with Gasteiger partial charge >= 0.3 is 0 Å². The number of hydrogen-bond acceptors (Lipinski definition) is 5. The Morgan fingerprint density at radius 2 is 1.95 bits per heavy atom. The number of carbonyl (C=O) groups is 2. The van der Waals surface area contributed by atoms with Gasteiger partial charge < -0.3 is 24.1 Å². The van der Waals surface area contributed by atoms with E-state index in [1.54, 1.807) is 38.4 Å². The van der Waals surface area contributed by atoms with Crippen LogP contribution in [0.4, 0.5) is 0 Å². The third-order valence-electron chi connectivity index (χ3n) is 6.62. The van der Waals surface area contributed by atoms with Crippen LogP contribution in [0.25, 0.3) is 10.9 Å². The number of nitrogens with zero attached hydrogens (tertiary/aromatic N) is 1. The summed E-state index contributed by atoms with van der Waals surface area (Å²) >= 11 is 0. The van der Waals surface area contributed by atoms with Crippen LogP contribution >= 0.6 is 0 Å². The first-order valence-corrected chi connectivity index (χ1v) is 12.4. The number of carbonyl (C=O) groups excluding carboxylic acids is 2. The fourth-order valence-corrected chi connectivity index (χ4v) is 4.56. The SMILES string of the molecule is COc1ccc(C(C(=O)NC2=COC=C(C3=CC=CCC3)O2)N(C)C(=O)Cc2c[nH]c3ccccc23)cc1. The highest BCUT2D eigenvalue weighted by atomic mass is 16.6. The van der Waals surface area contributed by atoms with E-state index < -0.39 is 11.9 Å². The number of benzene rings is 2. The summed E-state index contributed by atoms with van der Waals surface area (Å²) in [7, 11) is 3.20. The number of hydrogen-bond donors (Lipinski definition) is 2. The van der Waals surface area contributed by atoms with Crippen LogP contribution in [-0.2, 0) is 25.5 Å². The van der Waals surface area contributed by atoms with E-state index in [1.807, 2.05) is 42.6 Å². The van der Waals surface area contributed by atoms with Crippen molar-refractivity contribution in [3.8, 4) is 5.75 Å². The first-order chi connectivity index (χ1) is 18.5. The van der Waals surface area contributed by atoms with E-state index in [0.717, 1.165) is 34.9 Å². The van der Waals surface area contributed by atoms with Crippen LogP contribution < -0.4 is 10.1 Å². The van der Waals surface area contributed by atoms with Gasteiger partial charge in [0.05, 0.1) is 13.5 Å². The molecule has 194 valence electrons. The standard InChI is InChI=1S/C30H29N3O5/c1-33(28(34)16-22-17-31-25-11-7-6-10-24(22)25)29(21-12-14-23(36-2)15-13-21)30(35)32-27-19-37-18-26(38-27)20-8-4-3-5-9-20/h3-4,6-8,10-15,17-19,29,31H,5,9,16H2,1-2H3,(H,32,35). The minimum absolute atomic E-state index is 0.136. The normalized spacial score (nSPS) is 15.4. The molecule has 8 heteroatoms. The number of ether oxygens (including phenoxy) is 3. The Morgan fingerprint density at radius 1 is 1.13 bits per heavy atom. The number of aromatic amines is 1. The second kappa shape index (κ2) is 11.1. The van der Waals surface area contributed by atoms with Crippen molar-refractivity contribution in [2.45, 2.75) is 25.3 Å². The third kappa shape index (κ3) is 5.34. The number of allylic oxidation sites excluding steroid dienone is 4. The molecule has 2 N–H and O–H groups in total. The van der Waals surface area contributed by atoms with Crippen molar-refractivity contribution in [2.24, 2.45) is 0 Å². The Hall–Kier alpha value is -4.72. The molecule has 1 aromatic heterocycles. The second-order valence-electron chi connectivity index (χ2n) is 9.07. The van der Waals surface area contributed by atoms with Gasteiger partial charge in [-0.25, -0.2) is 0 Å². The maximum absolute atomic E-state index is 13.6. The van der Waals surface area contributed by atoms with Gasteiger partial charge in [-0.15, -0.1) is 0 Å². The summed E-state index contributed by atoms with van der Waals surface area (Å²) in [4.78, 5) is 31.8. The van der Waals surface area contributed by atoms with E-state index >= 15 is 0 Å². The summed E-state index contributed by atoms with van der Waals surface area (Å²) < 4.78 is 16.7. The lowest BCUT2D eigenvalue weighted by Crippen LogP contribution is -2.42. The van der Waals surface area contributed by atoms with Gasteiger partial charge in [0.1, 0.15) is 18.1 Å². The maximum Gasteiger partial charge on any atom is 0.254 e. The van der Waals surface area contributed by atoms with Crippen molar-refractivity contribution in [3.63, 3.8) is 0 Å². The van der Waals surface area contributed by atoms with Crippen LogP contribution in [0.1, 0.15) is 30.0 Å². The predicted molar refractivity (Wildman–Crippen MR) is 143 cm³/mol. The van der Waals surface area contributed by atoms with E-state index in [4.69, 9.17) is 14.2 Å².